The zero-order chi connectivity index (χ0) is 9.26. The number of Topliss-reactive ketones (excluding diaryl/α,β-unsaturated/α-hetero) is 1. The molecule has 0 spiro atoms. The Morgan fingerprint density at radius 3 is 3.08 bits per heavy atom. The lowest BCUT2D eigenvalue weighted by atomic mass is 9.77. The maximum atomic E-state index is 11.6. The highest BCUT2D eigenvalue weighted by molar-refractivity contribution is 6.14. The molecule has 2 heteroatoms. The van der Waals surface area contributed by atoms with Crippen LogP contribution in [0.4, 0.5) is 0 Å². The molecule has 1 fully saturated rings. The van der Waals surface area contributed by atoms with E-state index < -0.39 is 0 Å². The van der Waals surface area contributed by atoms with E-state index in [1.165, 1.54) is 0 Å². The second-order valence-corrected chi connectivity index (χ2v) is 3.43. The van der Waals surface area contributed by atoms with Crippen molar-refractivity contribution in [3.05, 3.63) is 29.4 Å². The molecule has 0 amide bonds. The fraction of sp³-hybridized carbons (Fsp3) is 0.364. The van der Waals surface area contributed by atoms with Crippen LogP contribution in [0.3, 0.4) is 0 Å². The predicted octanol–water partition coefficient (Wildman–Crippen LogP) is 1.61. The van der Waals surface area contributed by atoms with Gasteiger partial charge >= 0.3 is 0 Å². The van der Waals surface area contributed by atoms with Crippen LogP contribution in [0.1, 0.15) is 19.3 Å². The molecule has 0 aromatic carbocycles. The van der Waals surface area contributed by atoms with E-state index in [2.05, 4.69) is 6.08 Å². The Balaban J connectivity index is 2.38. The van der Waals surface area contributed by atoms with Gasteiger partial charge in [-0.2, -0.15) is 0 Å². The molecule has 2 rings (SSSR count). The zero-order valence-corrected chi connectivity index (χ0v) is 7.25. The van der Waals surface area contributed by atoms with Crippen molar-refractivity contribution in [2.24, 2.45) is 5.92 Å². The van der Waals surface area contributed by atoms with Crippen LogP contribution in [0.25, 0.3) is 0 Å². The Morgan fingerprint density at radius 2 is 2.31 bits per heavy atom. The Hall–Kier alpha value is -1.40. The third-order valence-corrected chi connectivity index (χ3v) is 2.67. The van der Waals surface area contributed by atoms with Gasteiger partial charge in [-0.1, -0.05) is 18.2 Å². The predicted molar refractivity (Wildman–Crippen MR) is 48.8 cm³/mol. The van der Waals surface area contributed by atoms with Crippen molar-refractivity contribution < 1.29 is 9.59 Å². The summed E-state index contributed by atoms with van der Waals surface area (Å²) in [6.07, 6.45) is 8.22. The van der Waals surface area contributed by atoms with Crippen LogP contribution in [0.5, 0.6) is 0 Å². The van der Waals surface area contributed by atoms with Crippen LogP contribution in [0.15, 0.2) is 29.4 Å². The number of carbonyl (C=O) groups excluding carboxylic acids is 2. The molecule has 0 heterocycles. The molecule has 0 aromatic heterocycles. The fourth-order valence-corrected chi connectivity index (χ4v) is 1.92. The number of carbonyl (C=O) groups is 1. The third-order valence-electron chi connectivity index (χ3n) is 2.67. The van der Waals surface area contributed by atoms with Crippen LogP contribution < -0.4 is 0 Å². The molecule has 1 atom stereocenters. The molecule has 0 N–H and O–H groups in total. The molecule has 0 aliphatic heterocycles. The molecule has 2 aliphatic rings. The molecule has 0 radical (unpaired) electrons. The quantitative estimate of drug-likeness (QED) is 0.413. The Bertz CT molecular complexity index is 354. The fourth-order valence-electron chi connectivity index (χ4n) is 1.92. The first kappa shape index (κ1) is 8.21. The van der Waals surface area contributed by atoms with Crippen LogP contribution in [-0.2, 0) is 9.59 Å². The first-order valence-electron chi connectivity index (χ1n) is 4.48. The summed E-state index contributed by atoms with van der Waals surface area (Å²) in [6, 6.07) is 0. The van der Waals surface area contributed by atoms with E-state index >= 15 is 0 Å². The van der Waals surface area contributed by atoms with E-state index in [1.54, 1.807) is 5.94 Å². The lowest BCUT2D eigenvalue weighted by molar-refractivity contribution is -0.113. The number of fused-ring (bicyclic) bond motifs is 1. The second-order valence-electron chi connectivity index (χ2n) is 3.43. The van der Waals surface area contributed by atoms with Crippen LogP contribution in [-0.4, -0.2) is 11.7 Å². The minimum Gasteiger partial charge on any atom is -0.289 e. The smallest absolute Gasteiger partial charge is 0.196 e. The van der Waals surface area contributed by atoms with Crippen molar-refractivity contribution in [1.29, 1.82) is 0 Å². The van der Waals surface area contributed by atoms with Crippen molar-refractivity contribution in [3.63, 3.8) is 0 Å². The molecule has 1 saturated carbocycles. The van der Waals surface area contributed by atoms with Gasteiger partial charge in [-0.05, 0) is 25.2 Å². The van der Waals surface area contributed by atoms with Crippen LogP contribution in [0, 0.1) is 5.92 Å². The minimum atomic E-state index is -0.0874. The summed E-state index contributed by atoms with van der Waals surface area (Å²) in [6.45, 7) is 0. The van der Waals surface area contributed by atoms with Gasteiger partial charge in [0.1, 0.15) is 5.94 Å². The maximum absolute atomic E-state index is 11.6. The Labute approximate surface area is 76.6 Å². The van der Waals surface area contributed by atoms with Crippen molar-refractivity contribution >= 4 is 11.7 Å². The average molecular weight is 174 g/mol. The summed E-state index contributed by atoms with van der Waals surface area (Å²) in [5.41, 5.74) is 1.12. The van der Waals surface area contributed by atoms with E-state index in [4.69, 9.17) is 0 Å². The lowest BCUT2D eigenvalue weighted by Crippen LogP contribution is -2.22. The molecule has 2 aliphatic carbocycles. The van der Waals surface area contributed by atoms with Gasteiger partial charge in [0.15, 0.2) is 5.78 Å². The van der Waals surface area contributed by atoms with E-state index in [9.17, 15) is 9.59 Å². The monoisotopic (exact) mass is 174 g/mol. The highest BCUT2D eigenvalue weighted by atomic mass is 16.1. The van der Waals surface area contributed by atoms with Gasteiger partial charge < -0.3 is 0 Å². The zero-order valence-electron chi connectivity index (χ0n) is 7.25. The highest BCUT2D eigenvalue weighted by Crippen LogP contribution is 2.33. The summed E-state index contributed by atoms with van der Waals surface area (Å²) < 4.78 is 0. The van der Waals surface area contributed by atoms with Crippen molar-refractivity contribution in [3.8, 4) is 0 Å². The number of allylic oxidation sites excluding steroid dienone is 5. The highest BCUT2D eigenvalue weighted by Gasteiger charge is 2.29. The van der Waals surface area contributed by atoms with Crippen LogP contribution in [0.2, 0.25) is 0 Å². The molecule has 66 valence electrons. The van der Waals surface area contributed by atoms with E-state index in [0.717, 1.165) is 18.4 Å². The topological polar surface area (TPSA) is 34.1 Å². The SMILES string of the molecule is O=C=C1CCC2CC=CC=C2C1=O. The van der Waals surface area contributed by atoms with Gasteiger partial charge in [0.05, 0.1) is 5.57 Å². The molecule has 1 unspecified atom stereocenters. The van der Waals surface area contributed by atoms with Gasteiger partial charge in [-0.15, -0.1) is 0 Å². The van der Waals surface area contributed by atoms with Crippen molar-refractivity contribution in [2.45, 2.75) is 19.3 Å². The van der Waals surface area contributed by atoms with Gasteiger partial charge in [0.2, 0.25) is 0 Å². The first-order valence-corrected chi connectivity index (χ1v) is 4.48. The maximum Gasteiger partial charge on any atom is 0.196 e. The molecule has 13 heavy (non-hydrogen) atoms. The molecular weight excluding hydrogens is 164 g/mol. The molecule has 0 saturated heterocycles. The molecule has 0 bridgehead atoms. The van der Waals surface area contributed by atoms with Crippen LogP contribution >= 0.6 is 0 Å². The standard InChI is InChI=1S/C11H10O2/c12-7-9-6-5-8-3-1-2-4-10(8)11(9)13/h1-2,4,8H,3,5-6H2. The number of rotatable bonds is 0. The normalized spacial score (nSPS) is 26.5. The van der Waals surface area contributed by atoms with Gasteiger partial charge in [-0.25, -0.2) is 4.79 Å². The van der Waals surface area contributed by atoms with E-state index in [0.29, 0.717) is 17.9 Å². The molecular formula is C11H10O2. The Kier molecular flexibility index (Phi) is 1.99. The summed E-state index contributed by atoms with van der Waals surface area (Å²) in [7, 11) is 0. The van der Waals surface area contributed by atoms with Crippen molar-refractivity contribution in [1.82, 2.24) is 0 Å². The minimum absolute atomic E-state index is 0.0874. The van der Waals surface area contributed by atoms with Crippen molar-refractivity contribution in [2.75, 3.05) is 0 Å². The average Bonchev–Trinajstić information content (AvgIpc) is 2.19. The Morgan fingerprint density at radius 1 is 1.46 bits per heavy atom. The largest absolute Gasteiger partial charge is 0.289 e. The van der Waals surface area contributed by atoms with E-state index in [-0.39, 0.29) is 5.78 Å². The number of hydrogen-bond acceptors (Lipinski definition) is 2. The van der Waals surface area contributed by atoms with Gasteiger partial charge in [-0.3, -0.25) is 4.79 Å². The second kappa shape index (κ2) is 3.15. The molecule has 2 nitrogen and oxygen atoms in total. The third kappa shape index (κ3) is 1.30. The number of hydrogen-bond donors (Lipinski definition) is 0. The molecule has 0 aromatic rings. The summed E-state index contributed by atoms with van der Waals surface area (Å²) in [5, 5.41) is 0. The summed E-state index contributed by atoms with van der Waals surface area (Å²) in [5.74, 6) is 1.99. The lowest BCUT2D eigenvalue weighted by Gasteiger charge is -2.25. The number of ketones is 1. The van der Waals surface area contributed by atoms with Gasteiger partial charge in [0.25, 0.3) is 0 Å². The summed E-state index contributed by atoms with van der Waals surface area (Å²) in [4.78, 5) is 22.0. The van der Waals surface area contributed by atoms with E-state index in [1.807, 2.05) is 12.2 Å². The summed E-state index contributed by atoms with van der Waals surface area (Å²) >= 11 is 0. The first-order chi connectivity index (χ1) is 6.33. The van der Waals surface area contributed by atoms with Gasteiger partial charge in [0, 0.05) is 5.57 Å².